The van der Waals surface area contributed by atoms with Crippen LogP contribution in [0.5, 0.6) is 0 Å². The molecule has 0 fully saturated rings. The molecule has 1 N–H and O–H groups in total. The minimum Gasteiger partial charge on any atom is -0.444 e. The van der Waals surface area contributed by atoms with Gasteiger partial charge in [-0.2, -0.15) is 0 Å². The third-order valence-corrected chi connectivity index (χ3v) is 3.54. The number of ether oxygens (including phenoxy) is 1. The number of nitrogens with zero attached hydrogens (tertiary/aromatic N) is 2. The van der Waals surface area contributed by atoms with Crippen molar-refractivity contribution in [2.45, 2.75) is 45.8 Å². The van der Waals surface area contributed by atoms with E-state index in [2.05, 4.69) is 10.3 Å². The van der Waals surface area contributed by atoms with Crippen LogP contribution in [0.3, 0.4) is 0 Å². The molecule has 1 aromatic rings. The Hall–Kier alpha value is -1.37. The number of aromatic nitrogens is 2. The molecule has 1 rings (SSSR count). The lowest BCUT2D eigenvalue weighted by atomic mass is 10.2. The molecule has 0 radical (unpaired) electrons. The zero-order valence-electron chi connectivity index (χ0n) is 13.2. The van der Waals surface area contributed by atoms with Crippen molar-refractivity contribution in [1.29, 1.82) is 0 Å². The van der Waals surface area contributed by atoms with Gasteiger partial charge in [0.15, 0.2) is 0 Å². The summed E-state index contributed by atoms with van der Waals surface area (Å²) < 4.78 is 18.2. The van der Waals surface area contributed by atoms with Crippen molar-refractivity contribution in [3.63, 3.8) is 0 Å². The minimum atomic E-state index is -0.762. The fourth-order valence-electron chi connectivity index (χ4n) is 1.80. The van der Waals surface area contributed by atoms with Crippen molar-refractivity contribution < 1.29 is 13.7 Å². The molecule has 1 heterocycles. The Morgan fingerprint density at radius 2 is 2.19 bits per heavy atom. The van der Waals surface area contributed by atoms with Gasteiger partial charge in [0.25, 0.3) is 0 Å². The molecule has 0 spiro atoms. The molecular weight excluding hydrogens is 290 g/mol. The maximum absolute atomic E-state index is 11.5. The molecule has 21 heavy (non-hydrogen) atoms. The first-order chi connectivity index (χ1) is 9.78. The molecule has 0 aliphatic rings. The molecular formula is C14H25N3O3S. The molecule has 0 saturated carbocycles. The van der Waals surface area contributed by atoms with Gasteiger partial charge in [-0.1, -0.05) is 0 Å². The quantitative estimate of drug-likeness (QED) is 0.831. The standard InChI is InChI=1S/C14H25N3O3S/c1-14(2,3)20-13(18)16-7-6-12-10-15-11-17(12)8-5-9-21(4)19/h10-11H,5-9H2,1-4H3,(H,16,18). The molecule has 1 amide bonds. The van der Waals surface area contributed by atoms with Crippen LogP contribution in [0.4, 0.5) is 4.79 Å². The molecule has 1 atom stereocenters. The maximum atomic E-state index is 11.5. The third-order valence-electron chi connectivity index (χ3n) is 2.68. The van der Waals surface area contributed by atoms with Crippen LogP contribution in [-0.4, -0.2) is 44.0 Å². The first kappa shape index (κ1) is 17.7. The van der Waals surface area contributed by atoms with Gasteiger partial charge in [-0.15, -0.1) is 0 Å². The van der Waals surface area contributed by atoms with Crippen molar-refractivity contribution in [2.24, 2.45) is 0 Å². The van der Waals surface area contributed by atoms with Gasteiger partial charge < -0.3 is 14.6 Å². The summed E-state index contributed by atoms with van der Waals surface area (Å²) in [6, 6.07) is 0. The van der Waals surface area contributed by atoms with E-state index in [1.165, 1.54) is 0 Å². The average Bonchev–Trinajstić information content (AvgIpc) is 2.74. The second-order valence-electron chi connectivity index (χ2n) is 5.89. The van der Waals surface area contributed by atoms with E-state index >= 15 is 0 Å². The highest BCUT2D eigenvalue weighted by Gasteiger charge is 2.15. The van der Waals surface area contributed by atoms with Gasteiger partial charge in [-0.05, 0) is 27.2 Å². The number of amides is 1. The van der Waals surface area contributed by atoms with Crippen LogP contribution < -0.4 is 5.32 Å². The molecule has 120 valence electrons. The fourth-order valence-corrected chi connectivity index (χ4v) is 2.34. The highest BCUT2D eigenvalue weighted by Crippen LogP contribution is 2.06. The molecule has 0 aliphatic heterocycles. The Morgan fingerprint density at radius 3 is 2.81 bits per heavy atom. The summed E-state index contributed by atoms with van der Waals surface area (Å²) >= 11 is 0. The van der Waals surface area contributed by atoms with Crippen LogP contribution in [0.25, 0.3) is 0 Å². The minimum absolute atomic E-state index is 0.407. The number of aryl methyl sites for hydroxylation is 1. The van der Waals surface area contributed by atoms with Gasteiger partial charge in [0.05, 0.1) is 6.33 Å². The Kier molecular flexibility index (Phi) is 6.87. The maximum Gasteiger partial charge on any atom is 0.407 e. The number of alkyl carbamates (subject to hydrolysis) is 1. The number of imidazole rings is 1. The van der Waals surface area contributed by atoms with E-state index in [9.17, 15) is 9.00 Å². The lowest BCUT2D eigenvalue weighted by Gasteiger charge is -2.19. The molecule has 6 nitrogen and oxygen atoms in total. The van der Waals surface area contributed by atoms with E-state index in [0.29, 0.717) is 18.7 Å². The van der Waals surface area contributed by atoms with Crippen LogP contribution in [0.1, 0.15) is 32.9 Å². The van der Waals surface area contributed by atoms with Crippen molar-refractivity contribution >= 4 is 16.9 Å². The van der Waals surface area contributed by atoms with E-state index in [1.54, 1.807) is 18.8 Å². The number of carbonyl (C=O) groups excluding carboxylic acids is 1. The number of nitrogens with one attached hydrogen (secondary N) is 1. The van der Waals surface area contributed by atoms with Gasteiger partial charge in [0.1, 0.15) is 5.60 Å². The van der Waals surface area contributed by atoms with Crippen molar-refractivity contribution in [1.82, 2.24) is 14.9 Å². The Balaban J connectivity index is 2.34. The summed E-state index contributed by atoms with van der Waals surface area (Å²) in [5.41, 5.74) is 0.565. The summed E-state index contributed by atoms with van der Waals surface area (Å²) in [7, 11) is -0.762. The van der Waals surface area contributed by atoms with Crippen molar-refractivity contribution in [3.8, 4) is 0 Å². The predicted octanol–water partition coefficient (Wildman–Crippen LogP) is 1.72. The summed E-state index contributed by atoms with van der Waals surface area (Å²) in [4.78, 5) is 15.6. The number of carbonyl (C=O) groups is 1. The summed E-state index contributed by atoms with van der Waals surface area (Å²) in [6.45, 7) is 6.79. The molecule has 0 saturated heterocycles. The van der Waals surface area contributed by atoms with Crippen molar-refractivity contribution in [2.75, 3.05) is 18.6 Å². The summed E-state index contributed by atoms with van der Waals surface area (Å²) in [6.07, 6.45) is 6.40. The molecule has 1 unspecified atom stereocenters. The Labute approximate surface area is 128 Å². The van der Waals surface area contributed by atoms with Gasteiger partial charge in [-0.3, -0.25) is 4.21 Å². The molecule has 0 aliphatic carbocycles. The van der Waals surface area contributed by atoms with Gasteiger partial charge in [0.2, 0.25) is 0 Å². The van der Waals surface area contributed by atoms with Crippen molar-refractivity contribution in [3.05, 3.63) is 18.2 Å². The van der Waals surface area contributed by atoms with Crippen LogP contribution in [0, 0.1) is 0 Å². The van der Waals surface area contributed by atoms with Gasteiger partial charge >= 0.3 is 6.09 Å². The Bertz CT molecular complexity index is 480. The smallest absolute Gasteiger partial charge is 0.407 e. The molecule has 7 heteroatoms. The average molecular weight is 315 g/mol. The normalized spacial score (nSPS) is 13.0. The highest BCUT2D eigenvalue weighted by molar-refractivity contribution is 7.84. The van der Waals surface area contributed by atoms with Crippen LogP contribution in [0.2, 0.25) is 0 Å². The number of hydrogen-bond acceptors (Lipinski definition) is 4. The highest BCUT2D eigenvalue weighted by atomic mass is 32.2. The molecule has 0 bridgehead atoms. The fraction of sp³-hybridized carbons (Fsp3) is 0.714. The molecule has 1 aromatic heterocycles. The van der Waals surface area contributed by atoms with Crippen LogP contribution >= 0.6 is 0 Å². The number of hydrogen-bond donors (Lipinski definition) is 1. The van der Waals surface area contributed by atoms with E-state index < -0.39 is 22.5 Å². The zero-order valence-corrected chi connectivity index (χ0v) is 14.0. The van der Waals surface area contributed by atoms with E-state index in [0.717, 1.165) is 18.7 Å². The van der Waals surface area contributed by atoms with E-state index in [1.807, 2.05) is 25.3 Å². The lowest BCUT2D eigenvalue weighted by Crippen LogP contribution is -2.33. The number of rotatable bonds is 7. The first-order valence-electron chi connectivity index (χ1n) is 7.04. The summed E-state index contributed by atoms with van der Waals surface area (Å²) in [5, 5.41) is 2.73. The van der Waals surface area contributed by atoms with E-state index in [-0.39, 0.29) is 0 Å². The summed E-state index contributed by atoms with van der Waals surface area (Å²) in [5.74, 6) is 0.688. The SMILES string of the molecule is CS(=O)CCCn1cncc1CCNC(=O)OC(C)(C)C. The topological polar surface area (TPSA) is 73.2 Å². The van der Waals surface area contributed by atoms with Gasteiger partial charge in [-0.25, -0.2) is 9.78 Å². The van der Waals surface area contributed by atoms with E-state index in [4.69, 9.17) is 4.74 Å². The third kappa shape index (κ3) is 7.84. The predicted molar refractivity (Wildman–Crippen MR) is 83.7 cm³/mol. The van der Waals surface area contributed by atoms with Gasteiger partial charge in [0, 0.05) is 54.2 Å². The zero-order chi connectivity index (χ0) is 15.9. The molecule has 0 aromatic carbocycles. The largest absolute Gasteiger partial charge is 0.444 e. The second-order valence-corrected chi connectivity index (χ2v) is 7.44. The lowest BCUT2D eigenvalue weighted by molar-refractivity contribution is 0.0528. The second kappa shape index (κ2) is 8.17. The monoisotopic (exact) mass is 315 g/mol. The van der Waals surface area contributed by atoms with Crippen LogP contribution in [-0.2, 0) is 28.5 Å². The van der Waals surface area contributed by atoms with Crippen LogP contribution in [0.15, 0.2) is 12.5 Å². The Morgan fingerprint density at radius 1 is 1.48 bits per heavy atom. The first-order valence-corrected chi connectivity index (χ1v) is 8.76.